The molecular weight excluding hydrogens is 323 g/mol. The van der Waals surface area contributed by atoms with Crippen LogP contribution in [0.3, 0.4) is 0 Å². The van der Waals surface area contributed by atoms with E-state index >= 15 is 0 Å². The molecule has 1 unspecified atom stereocenters. The molecule has 1 aromatic rings. The highest BCUT2D eigenvalue weighted by Gasteiger charge is 2.34. The summed E-state index contributed by atoms with van der Waals surface area (Å²) >= 11 is 0. The number of benzene rings is 1. The Morgan fingerprint density at radius 1 is 1.33 bits per heavy atom. The van der Waals surface area contributed by atoms with Gasteiger partial charge in [0.25, 0.3) is 0 Å². The van der Waals surface area contributed by atoms with E-state index in [2.05, 4.69) is 5.18 Å². The molecule has 1 atom stereocenters. The highest BCUT2D eigenvalue weighted by molar-refractivity contribution is 5.55. The molecule has 0 amide bonds. The van der Waals surface area contributed by atoms with Crippen LogP contribution in [0.4, 0.5) is 18.9 Å². The van der Waals surface area contributed by atoms with Crippen molar-refractivity contribution in [3.05, 3.63) is 34.2 Å². The zero-order chi connectivity index (χ0) is 18.5. The van der Waals surface area contributed by atoms with E-state index in [1.807, 2.05) is 20.8 Å². The maximum absolute atomic E-state index is 13.1. The molecule has 8 heteroatoms. The summed E-state index contributed by atoms with van der Waals surface area (Å²) in [4.78, 5) is 12.3. The van der Waals surface area contributed by atoms with Crippen LogP contribution in [-0.2, 0) is 6.18 Å². The molecule has 0 saturated carbocycles. The lowest BCUT2D eigenvalue weighted by molar-refractivity contribution is -0.137. The third-order valence-electron chi connectivity index (χ3n) is 3.25. The van der Waals surface area contributed by atoms with Crippen molar-refractivity contribution in [3.63, 3.8) is 0 Å². The summed E-state index contributed by atoms with van der Waals surface area (Å²) in [7, 11) is 0. The average molecular weight is 343 g/mol. The first-order chi connectivity index (χ1) is 11.0. The molecule has 5 nitrogen and oxygen atoms in total. The van der Waals surface area contributed by atoms with Crippen LogP contribution in [0, 0.1) is 21.7 Å². The maximum Gasteiger partial charge on any atom is 0.417 e. The van der Waals surface area contributed by atoms with E-state index in [1.165, 1.54) is 12.1 Å². The van der Waals surface area contributed by atoms with Gasteiger partial charge in [0.05, 0.1) is 23.8 Å². The summed E-state index contributed by atoms with van der Waals surface area (Å²) < 4.78 is 39.4. The van der Waals surface area contributed by atoms with Gasteiger partial charge in [0.2, 0.25) is 0 Å². The number of aliphatic hydroxyl groups is 1. The van der Waals surface area contributed by atoms with Gasteiger partial charge in [-0.3, -0.25) is 0 Å². The molecule has 0 aliphatic rings. The molecule has 0 bridgehead atoms. The quantitative estimate of drug-likeness (QED) is 0.801. The first kappa shape index (κ1) is 19.9. The van der Waals surface area contributed by atoms with Gasteiger partial charge in [-0.1, -0.05) is 25.9 Å². The van der Waals surface area contributed by atoms with Crippen LogP contribution < -0.4 is 4.90 Å². The summed E-state index contributed by atoms with van der Waals surface area (Å²) in [5.74, 6) is 0. The van der Waals surface area contributed by atoms with Gasteiger partial charge in [0, 0.05) is 18.8 Å². The molecule has 0 aromatic heterocycles. The van der Waals surface area contributed by atoms with E-state index in [9.17, 15) is 18.1 Å². The van der Waals surface area contributed by atoms with Crippen molar-refractivity contribution >= 4 is 5.69 Å². The summed E-state index contributed by atoms with van der Waals surface area (Å²) in [6.07, 6.45) is -4.66. The summed E-state index contributed by atoms with van der Waals surface area (Å²) in [6.45, 7) is 5.54. The summed E-state index contributed by atoms with van der Waals surface area (Å²) in [5.41, 5.74) is -1.54. The largest absolute Gasteiger partial charge is 0.417 e. The minimum Gasteiger partial charge on any atom is -0.394 e. The van der Waals surface area contributed by atoms with Gasteiger partial charge in [-0.05, 0) is 23.6 Å². The van der Waals surface area contributed by atoms with Crippen molar-refractivity contribution in [2.24, 2.45) is 10.6 Å². The molecule has 0 aliphatic heterocycles. The number of anilines is 1. The number of nitriles is 1. The topological polar surface area (TPSA) is 76.7 Å². The SMILES string of the molecule is CC(C)(C)CN(CC(CO)N=O)c1ccc(C#N)c(C(F)(F)F)c1. The number of hydrogen-bond donors (Lipinski definition) is 1. The Morgan fingerprint density at radius 2 is 1.96 bits per heavy atom. The molecule has 0 aliphatic carbocycles. The summed E-state index contributed by atoms with van der Waals surface area (Å²) in [6, 6.07) is 3.99. The van der Waals surface area contributed by atoms with E-state index in [0.717, 1.165) is 12.1 Å². The van der Waals surface area contributed by atoms with Gasteiger partial charge in [-0.25, -0.2) is 0 Å². The van der Waals surface area contributed by atoms with E-state index in [1.54, 1.807) is 4.90 Å². The third-order valence-corrected chi connectivity index (χ3v) is 3.25. The minimum absolute atomic E-state index is 0.0134. The number of rotatable bonds is 6. The van der Waals surface area contributed by atoms with Crippen LogP contribution in [0.25, 0.3) is 0 Å². The minimum atomic E-state index is -4.66. The number of hydrogen-bond acceptors (Lipinski definition) is 5. The monoisotopic (exact) mass is 343 g/mol. The fourth-order valence-corrected chi connectivity index (χ4v) is 2.27. The van der Waals surface area contributed by atoms with Gasteiger partial charge in [-0.2, -0.15) is 23.3 Å². The van der Waals surface area contributed by atoms with E-state index in [4.69, 9.17) is 10.4 Å². The standard InChI is InChI=1S/C16H20F3N3O2/c1-15(2,3)10-22(8-12(9-23)21-24)13-5-4-11(7-20)14(6-13)16(17,18)19/h4-6,12,23H,8-10H2,1-3H3. The van der Waals surface area contributed by atoms with E-state index < -0.39 is 30.0 Å². The van der Waals surface area contributed by atoms with Crippen molar-refractivity contribution in [2.45, 2.75) is 33.0 Å². The summed E-state index contributed by atoms with van der Waals surface area (Å²) in [5, 5.41) is 20.8. The van der Waals surface area contributed by atoms with Crippen molar-refractivity contribution in [2.75, 3.05) is 24.6 Å². The molecule has 24 heavy (non-hydrogen) atoms. The fourth-order valence-electron chi connectivity index (χ4n) is 2.27. The van der Waals surface area contributed by atoms with E-state index in [-0.39, 0.29) is 17.6 Å². The highest BCUT2D eigenvalue weighted by atomic mass is 19.4. The molecular formula is C16H20F3N3O2. The lowest BCUT2D eigenvalue weighted by Crippen LogP contribution is -2.39. The zero-order valence-corrected chi connectivity index (χ0v) is 13.8. The van der Waals surface area contributed by atoms with Crippen molar-refractivity contribution < 1.29 is 18.3 Å². The van der Waals surface area contributed by atoms with Crippen LogP contribution in [0.5, 0.6) is 0 Å². The molecule has 1 N–H and O–H groups in total. The Bertz CT molecular complexity index is 618. The van der Waals surface area contributed by atoms with Crippen LogP contribution in [-0.4, -0.2) is 30.8 Å². The molecule has 0 spiro atoms. The van der Waals surface area contributed by atoms with Crippen LogP contribution >= 0.6 is 0 Å². The first-order valence-electron chi connectivity index (χ1n) is 7.31. The highest BCUT2D eigenvalue weighted by Crippen LogP contribution is 2.35. The molecule has 0 heterocycles. The number of nitroso groups, excluding NO2 is 1. The van der Waals surface area contributed by atoms with Gasteiger partial charge < -0.3 is 10.0 Å². The zero-order valence-electron chi connectivity index (χ0n) is 13.8. The Kier molecular flexibility index (Phi) is 6.32. The van der Waals surface area contributed by atoms with Crippen molar-refractivity contribution in [1.29, 1.82) is 5.26 Å². The molecule has 1 aromatic carbocycles. The second kappa shape index (κ2) is 7.62. The Hall–Kier alpha value is -2.14. The Labute approximate surface area is 138 Å². The molecule has 132 valence electrons. The third kappa shape index (κ3) is 5.49. The number of aliphatic hydroxyl groups excluding tert-OH is 1. The molecule has 0 fully saturated rings. The number of alkyl halides is 3. The first-order valence-corrected chi connectivity index (χ1v) is 7.31. The van der Waals surface area contributed by atoms with Gasteiger partial charge >= 0.3 is 6.18 Å². The van der Waals surface area contributed by atoms with Gasteiger partial charge in [0.1, 0.15) is 6.04 Å². The maximum atomic E-state index is 13.1. The van der Waals surface area contributed by atoms with Gasteiger partial charge in [0.15, 0.2) is 0 Å². The molecule has 1 rings (SSSR count). The number of nitrogens with zero attached hydrogens (tertiary/aromatic N) is 3. The lowest BCUT2D eigenvalue weighted by Gasteiger charge is -2.33. The van der Waals surface area contributed by atoms with Crippen molar-refractivity contribution in [3.8, 4) is 6.07 Å². The fraction of sp³-hybridized carbons (Fsp3) is 0.562. The number of halogens is 3. The lowest BCUT2D eigenvalue weighted by atomic mass is 9.95. The van der Waals surface area contributed by atoms with Crippen LogP contribution in [0.2, 0.25) is 0 Å². The Morgan fingerprint density at radius 3 is 2.38 bits per heavy atom. The van der Waals surface area contributed by atoms with Gasteiger partial charge in [-0.15, -0.1) is 0 Å². The Balaban J connectivity index is 3.32. The van der Waals surface area contributed by atoms with E-state index in [0.29, 0.717) is 6.54 Å². The van der Waals surface area contributed by atoms with Crippen LogP contribution in [0.1, 0.15) is 31.9 Å². The van der Waals surface area contributed by atoms with Crippen molar-refractivity contribution in [1.82, 2.24) is 0 Å². The smallest absolute Gasteiger partial charge is 0.394 e. The predicted octanol–water partition coefficient (Wildman–Crippen LogP) is 3.56. The van der Waals surface area contributed by atoms with Crippen LogP contribution in [0.15, 0.2) is 23.4 Å². The molecule has 0 saturated heterocycles. The normalized spacial score (nSPS) is 13.2. The average Bonchev–Trinajstić information content (AvgIpc) is 2.48. The second-order valence-corrected chi connectivity index (χ2v) is 6.72. The molecule has 0 radical (unpaired) electrons. The second-order valence-electron chi connectivity index (χ2n) is 6.72. The predicted molar refractivity (Wildman–Crippen MR) is 84.5 cm³/mol.